The Balaban J connectivity index is 1.47. The van der Waals surface area contributed by atoms with Crippen LogP contribution in [-0.2, 0) is 15.7 Å². The van der Waals surface area contributed by atoms with Crippen molar-refractivity contribution < 1.29 is 13.7 Å². The Morgan fingerprint density at radius 2 is 1.90 bits per heavy atom. The fourth-order valence-corrected chi connectivity index (χ4v) is 5.43. The summed E-state index contributed by atoms with van der Waals surface area (Å²) in [6.45, 7) is 0. The van der Waals surface area contributed by atoms with E-state index in [0.29, 0.717) is 18.0 Å². The lowest BCUT2D eigenvalue weighted by atomic mass is 10.0. The van der Waals surface area contributed by atoms with Crippen molar-refractivity contribution in [3.05, 3.63) is 71.2 Å². The molecule has 5 heteroatoms. The molecule has 1 aliphatic heterocycles. The van der Waals surface area contributed by atoms with E-state index >= 15 is 0 Å². The highest BCUT2D eigenvalue weighted by Crippen LogP contribution is 2.40. The lowest BCUT2D eigenvalue weighted by Crippen LogP contribution is -2.27. The largest absolute Gasteiger partial charge is 0.354 e. The number of aromatic nitrogens is 1. The lowest BCUT2D eigenvalue weighted by Gasteiger charge is -2.30. The quantitative estimate of drug-likeness (QED) is 0.420. The van der Waals surface area contributed by atoms with Crippen molar-refractivity contribution in [3.8, 4) is 0 Å². The van der Waals surface area contributed by atoms with Crippen molar-refractivity contribution in [2.45, 2.75) is 56.8 Å². The van der Waals surface area contributed by atoms with E-state index in [4.69, 9.17) is 4.74 Å². The lowest BCUT2D eigenvalue weighted by molar-refractivity contribution is -0.0766. The van der Waals surface area contributed by atoms with Crippen molar-refractivity contribution in [2.75, 3.05) is 6.16 Å². The number of rotatable bonds is 6. The molecule has 2 aliphatic rings. The van der Waals surface area contributed by atoms with Crippen LogP contribution in [0, 0.1) is 5.82 Å². The molecule has 156 valence electrons. The molecule has 3 nitrogen and oxygen atoms in total. The van der Waals surface area contributed by atoms with Gasteiger partial charge in [-0.3, -0.25) is 4.57 Å². The molecular weight excluding hydrogens is 396 g/mol. The van der Waals surface area contributed by atoms with Gasteiger partial charge in [0.05, 0.1) is 19.0 Å². The fraction of sp³-hybridized carbons (Fsp3) is 0.400. The molecule has 2 aromatic carbocycles. The highest BCUT2D eigenvalue weighted by molar-refractivity contribution is 7.43. The van der Waals surface area contributed by atoms with Crippen molar-refractivity contribution in [3.63, 3.8) is 0 Å². The summed E-state index contributed by atoms with van der Waals surface area (Å²) >= 11 is 0. The Labute approximate surface area is 177 Å². The molecule has 0 N–H and O–H groups in total. The second-order valence-corrected chi connectivity index (χ2v) is 10.0. The van der Waals surface area contributed by atoms with E-state index in [1.54, 1.807) is 6.07 Å². The molecule has 0 bridgehead atoms. The molecule has 5 rings (SSSR count). The van der Waals surface area contributed by atoms with E-state index < -0.39 is 7.42 Å². The third-order valence-corrected chi connectivity index (χ3v) is 7.17. The zero-order chi connectivity index (χ0) is 20.7. The first kappa shape index (κ1) is 19.8. The van der Waals surface area contributed by atoms with Gasteiger partial charge in [0.15, 0.2) is 0 Å². The average molecular weight is 423 g/mol. The van der Waals surface area contributed by atoms with Crippen LogP contribution < -0.4 is 0 Å². The first-order valence-corrected chi connectivity index (χ1v) is 12.5. The van der Waals surface area contributed by atoms with Gasteiger partial charge in [0.1, 0.15) is 12.0 Å². The van der Waals surface area contributed by atoms with E-state index in [-0.39, 0.29) is 18.1 Å². The minimum atomic E-state index is -1.48. The molecule has 1 aliphatic carbocycles. The van der Waals surface area contributed by atoms with Crippen molar-refractivity contribution >= 4 is 24.6 Å². The van der Waals surface area contributed by atoms with Crippen LogP contribution in [0.5, 0.6) is 0 Å². The Morgan fingerprint density at radius 1 is 1.10 bits per heavy atom. The highest BCUT2D eigenvalue weighted by Gasteiger charge is 2.26. The number of fused-ring (bicyclic) bond motifs is 1. The van der Waals surface area contributed by atoms with E-state index in [0.717, 1.165) is 36.3 Å². The number of ether oxygens (including phenoxy) is 1. The molecule has 3 atom stereocenters. The third-order valence-electron chi connectivity index (χ3n) is 6.35. The molecule has 0 spiro atoms. The Hall–Kier alpha value is -2.16. The van der Waals surface area contributed by atoms with Gasteiger partial charge in [0.25, 0.3) is 0 Å². The van der Waals surface area contributed by atoms with E-state index in [1.807, 2.05) is 6.07 Å². The smallest absolute Gasteiger partial charge is 0.134 e. The third kappa shape index (κ3) is 4.04. The molecule has 3 aromatic rings. The van der Waals surface area contributed by atoms with Gasteiger partial charge in [-0.1, -0.05) is 30.3 Å². The SMILES string of the molecule is C=P(=O)C[C@@H]1CCC[C@H](n2cc(Cc3ccc(C4CC4)cc3)c3c(F)cccc32)O1. The number of hydrogen-bond donors (Lipinski definition) is 0. The van der Waals surface area contributed by atoms with Crippen molar-refractivity contribution in [1.82, 2.24) is 4.57 Å². The topological polar surface area (TPSA) is 31.2 Å². The van der Waals surface area contributed by atoms with E-state index in [2.05, 4.69) is 41.3 Å². The van der Waals surface area contributed by atoms with Crippen LogP contribution in [0.15, 0.2) is 48.7 Å². The number of halogens is 1. The van der Waals surface area contributed by atoms with Crippen LogP contribution >= 0.6 is 7.42 Å². The summed E-state index contributed by atoms with van der Waals surface area (Å²) in [7, 11) is -1.48. The van der Waals surface area contributed by atoms with Crippen LogP contribution in [0.4, 0.5) is 4.39 Å². The minimum Gasteiger partial charge on any atom is -0.354 e. The van der Waals surface area contributed by atoms with Gasteiger partial charge < -0.3 is 9.30 Å². The first-order valence-electron chi connectivity index (χ1n) is 10.9. The van der Waals surface area contributed by atoms with Gasteiger partial charge in [0.2, 0.25) is 0 Å². The molecule has 2 heterocycles. The summed E-state index contributed by atoms with van der Waals surface area (Å²) in [5.74, 6) is 0.548. The second-order valence-electron chi connectivity index (χ2n) is 8.70. The highest BCUT2D eigenvalue weighted by atomic mass is 31.1. The van der Waals surface area contributed by atoms with Crippen LogP contribution in [0.2, 0.25) is 0 Å². The van der Waals surface area contributed by atoms with Crippen LogP contribution in [0.3, 0.4) is 0 Å². The maximum atomic E-state index is 14.9. The zero-order valence-corrected chi connectivity index (χ0v) is 18.0. The molecule has 1 saturated heterocycles. The molecule has 1 saturated carbocycles. The van der Waals surface area contributed by atoms with Crippen molar-refractivity contribution in [1.29, 1.82) is 0 Å². The second kappa shape index (κ2) is 8.17. The summed E-state index contributed by atoms with van der Waals surface area (Å²) in [6, 6.07) is 14.0. The fourth-order valence-electron chi connectivity index (χ4n) is 4.71. The standard InChI is InChI=1S/C25H27FNO2P/c1-30(28)16-21-4-2-7-24(29-21)27-15-20(25-22(26)5-3-6-23(25)27)14-17-8-10-18(11-9-17)19-12-13-19/h3,5-6,8-11,15,19,21,24H,1-2,4,7,12-14,16H2/t21-,24+/m0/s1. The van der Waals surface area contributed by atoms with Gasteiger partial charge in [-0.15, -0.1) is 0 Å². The van der Waals surface area contributed by atoms with Crippen LogP contribution in [0.1, 0.15) is 60.9 Å². The maximum Gasteiger partial charge on any atom is 0.134 e. The number of hydrogen-bond acceptors (Lipinski definition) is 2. The molecule has 0 radical (unpaired) electrons. The molecule has 0 amide bonds. The predicted molar refractivity (Wildman–Crippen MR) is 120 cm³/mol. The van der Waals surface area contributed by atoms with Crippen LogP contribution in [0.25, 0.3) is 10.9 Å². The van der Waals surface area contributed by atoms with Crippen LogP contribution in [-0.4, -0.2) is 23.1 Å². The summed E-state index contributed by atoms with van der Waals surface area (Å²) < 4.78 is 34.8. The van der Waals surface area contributed by atoms with Gasteiger partial charge in [0, 0.05) is 17.7 Å². The Morgan fingerprint density at radius 3 is 2.63 bits per heavy atom. The zero-order valence-electron chi connectivity index (χ0n) is 17.1. The first-order chi connectivity index (χ1) is 14.6. The van der Waals surface area contributed by atoms with Gasteiger partial charge in [-0.05, 0) is 79.6 Å². The summed E-state index contributed by atoms with van der Waals surface area (Å²) in [4.78, 5) is 0. The van der Waals surface area contributed by atoms with Gasteiger partial charge in [-0.25, -0.2) is 4.39 Å². The van der Waals surface area contributed by atoms with Gasteiger partial charge in [-0.2, -0.15) is 0 Å². The normalized spacial score (nSPS) is 22.4. The maximum absolute atomic E-state index is 14.9. The molecule has 1 aromatic heterocycles. The van der Waals surface area contributed by atoms with E-state index in [9.17, 15) is 8.96 Å². The van der Waals surface area contributed by atoms with Crippen molar-refractivity contribution in [2.24, 2.45) is 0 Å². The Bertz CT molecular complexity index is 1120. The number of benzene rings is 2. The Kier molecular flexibility index (Phi) is 5.39. The monoisotopic (exact) mass is 423 g/mol. The number of nitrogens with zero attached hydrogens (tertiary/aromatic N) is 1. The predicted octanol–water partition coefficient (Wildman–Crippen LogP) is 6.58. The summed E-state index contributed by atoms with van der Waals surface area (Å²) in [6.07, 6.45) is 12.0. The molecule has 30 heavy (non-hydrogen) atoms. The summed E-state index contributed by atoms with van der Waals surface area (Å²) in [5.41, 5.74) is 4.46. The minimum absolute atomic E-state index is 0.0470. The van der Waals surface area contributed by atoms with Gasteiger partial charge >= 0.3 is 0 Å². The average Bonchev–Trinajstić information content (AvgIpc) is 3.51. The summed E-state index contributed by atoms with van der Waals surface area (Å²) in [5, 5.41) is 0.678. The molecule has 1 unspecified atom stereocenters. The molecular formula is C25H27FNO2P. The van der Waals surface area contributed by atoms with E-state index in [1.165, 1.54) is 30.0 Å². The molecule has 2 fully saturated rings.